The summed E-state index contributed by atoms with van der Waals surface area (Å²) in [5.74, 6) is 0. The monoisotopic (exact) mass is 290 g/mol. The molecule has 3 heteroatoms. The molecular weight excluding hydrogens is 268 g/mol. The highest BCUT2D eigenvalue weighted by Gasteiger charge is 2.10. The molecule has 20 heavy (non-hydrogen) atoms. The summed E-state index contributed by atoms with van der Waals surface area (Å²) < 4.78 is 2.22. The Bertz CT molecular complexity index is 527. The fraction of sp³-hybridized carbons (Fsp3) is 0.412. The molecule has 2 rings (SSSR count). The van der Waals surface area contributed by atoms with Gasteiger partial charge in [-0.05, 0) is 42.3 Å². The Balaban J connectivity index is 2.07. The lowest BCUT2D eigenvalue weighted by atomic mass is 10.1. The maximum atomic E-state index is 6.03. The van der Waals surface area contributed by atoms with Crippen molar-refractivity contribution < 1.29 is 0 Å². The number of aromatic nitrogens is 1. The standard InChI is InChI=1S/C17H23ClN2/c1-3-6-17(19-4-2)15-9-10-20(13-15)12-14-7-5-8-16(18)11-14/h5,7-11,13,17,19H,3-4,6,12H2,1-2H3. The Morgan fingerprint density at radius 3 is 2.80 bits per heavy atom. The molecule has 108 valence electrons. The number of benzene rings is 1. The molecule has 0 bridgehead atoms. The molecule has 1 N–H and O–H groups in total. The highest BCUT2D eigenvalue weighted by Crippen LogP contribution is 2.20. The second-order valence-corrected chi connectivity index (χ2v) is 5.58. The van der Waals surface area contributed by atoms with Crippen LogP contribution in [0.15, 0.2) is 42.7 Å². The minimum atomic E-state index is 0.464. The van der Waals surface area contributed by atoms with Crippen LogP contribution in [-0.2, 0) is 6.54 Å². The van der Waals surface area contributed by atoms with E-state index < -0.39 is 0 Å². The van der Waals surface area contributed by atoms with Gasteiger partial charge in [0.05, 0.1) is 0 Å². The van der Waals surface area contributed by atoms with Gasteiger partial charge in [0.1, 0.15) is 0 Å². The second-order valence-electron chi connectivity index (χ2n) is 5.15. The third-order valence-corrected chi connectivity index (χ3v) is 3.69. The summed E-state index contributed by atoms with van der Waals surface area (Å²) >= 11 is 6.03. The number of hydrogen-bond acceptors (Lipinski definition) is 1. The van der Waals surface area contributed by atoms with Crippen molar-refractivity contribution in [1.29, 1.82) is 0 Å². The van der Waals surface area contributed by atoms with Gasteiger partial charge in [0.25, 0.3) is 0 Å². The highest BCUT2D eigenvalue weighted by molar-refractivity contribution is 6.30. The van der Waals surface area contributed by atoms with Gasteiger partial charge in [-0.25, -0.2) is 0 Å². The van der Waals surface area contributed by atoms with Crippen molar-refractivity contribution in [1.82, 2.24) is 9.88 Å². The smallest absolute Gasteiger partial charge is 0.0470 e. The molecule has 0 aliphatic heterocycles. The van der Waals surface area contributed by atoms with Gasteiger partial charge in [0.2, 0.25) is 0 Å². The van der Waals surface area contributed by atoms with Crippen molar-refractivity contribution in [2.45, 2.75) is 39.3 Å². The molecule has 1 heterocycles. The predicted molar refractivity (Wildman–Crippen MR) is 86.3 cm³/mol. The first-order valence-electron chi connectivity index (χ1n) is 7.36. The third kappa shape index (κ3) is 4.12. The van der Waals surface area contributed by atoms with Gasteiger partial charge >= 0.3 is 0 Å². The van der Waals surface area contributed by atoms with E-state index in [0.717, 1.165) is 18.1 Å². The first kappa shape index (κ1) is 15.1. The Labute approximate surface area is 126 Å². The zero-order chi connectivity index (χ0) is 14.4. The van der Waals surface area contributed by atoms with E-state index >= 15 is 0 Å². The fourth-order valence-electron chi connectivity index (χ4n) is 2.53. The zero-order valence-electron chi connectivity index (χ0n) is 12.3. The molecular formula is C17H23ClN2. The van der Waals surface area contributed by atoms with E-state index in [2.05, 4.69) is 48.3 Å². The number of halogens is 1. The average Bonchev–Trinajstić information content (AvgIpc) is 2.87. The van der Waals surface area contributed by atoms with Gasteiger partial charge in [0, 0.05) is 30.0 Å². The van der Waals surface area contributed by atoms with Crippen LogP contribution in [0.5, 0.6) is 0 Å². The second kappa shape index (κ2) is 7.51. The number of nitrogens with one attached hydrogen (secondary N) is 1. The summed E-state index contributed by atoms with van der Waals surface area (Å²) in [7, 11) is 0. The van der Waals surface area contributed by atoms with Crippen LogP contribution in [0, 0.1) is 0 Å². The SMILES string of the molecule is CCCC(NCC)c1ccn(Cc2cccc(Cl)c2)c1. The van der Waals surface area contributed by atoms with Crippen LogP contribution < -0.4 is 5.32 Å². The van der Waals surface area contributed by atoms with Crippen molar-refractivity contribution in [3.05, 3.63) is 58.9 Å². The topological polar surface area (TPSA) is 17.0 Å². The van der Waals surface area contributed by atoms with Crippen molar-refractivity contribution in [2.24, 2.45) is 0 Å². The molecule has 1 aromatic carbocycles. The van der Waals surface area contributed by atoms with Gasteiger partial charge in [0.15, 0.2) is 0 Å². The van der Waals surface area contributed by atoms with Crippen molar-refractivity contribution in [3.8, 4) is 0 Å². The van der Waals surface area contributed by atoms with Crippen LogP contribution in [0.3, 0.4) is 0 Å². The van der Waals surface area contributed by atoms with Crippen LogP contribution in [0.25, 0.3) is 0 Å². The lowest BCUT2D eigenvalue weighted by Gasteiger charge is -2.15. The minimum absolute atomic E-state index is 0.464. The summed E-state index contributed by atoms with van der Waals surface area (Å²) in [5, 5.41) is 4.35. The van der Waals surface area contributed by atoms with Gasteiger partial charge in [-0.3, -0.25) is 0 Å². The Hall–Kier alpha value is -1.25. The quantitative estimate of drug-likeness (QED) is 0.786. The molecule has 1 unspecified atom stereocenters. The van der Waals surface area contributed by atoms with Crippen LogP contribution in [0.4, 0.5) is 0 Å². The van der Waals surface area contributed by atoms with Crippen molar-refractivity contribution in [3.63, 3.8) is 0 Å². The third-order valence-electron chi connectivity index (χ3n) is 3.46. The van der Waals surface area contributed by atoms with E-state index in [0.29, 0.717) is 6.04 Å². The maximum absolute atomic E-state index is 6.03. The Kier molecular flexibility index (Phi) is 5.69. The molecule has 1 atom stereocenters. The van der Waals surface area contributed by atoms with E-state index in [1.54, 1.807) is 0 Å². The van der Waals surface area contributed by atoms with Crippen molar-refractivity contribution >= 4 is 11.6 Å². The Morgan fingerprint density at radius 1 is 1.25 bits per heavy atom. The summed E-state index contributed by atoms with van der Waals surface area (Å²) in [6.07, 6.45) is 6.76. The Morgan fingerprint density at radius 2 is 2.10 bits per heavy atom. The summed E-state index contributed by atoms with van der Waals surface area (Å²) in [5.41, 5.74) is 2.60. The molecule has 2 aromatic rings. The van der Waals surface area contributed by atoms with Crippen LogP contribution in [0.2, 0.25) is 5.02 Å². The van der Waals surface area contributed by atoms with Gasteiger partial charge in [-0.2, -0.15) is 0 Å². The normalized spacial score (nSPS) is 12.6. The molecule has 0 radical (unpaired) electrons. The lowest BCUT2D eigenvalue weighted by Crippen LogP contribution is -2.20. The minimum Gasteiger partial charge on any atom is -0.350 e. The average molecular weight is 291 g/mol. The molecule has 0 aliphatic carbocycles. The first-order valence-corrected chi connectivity index (χ1v) is 7.74. The molecule has 2 nitrogen and oxygen atoms in total. The van der Waals surface area contributed by atoms with Gasteiger partial charge in [-0.1, -0.05) is 44.0 Å². The number of rotatable bonds is 7. The van der Waals surface area contributed by atoms with Gasteiger partial charge < -0.3 is 9.88 Å². The summed E-state index contributed by atoms with van der Waals surface area (Å²) in [6, 6.07) is 10.7. The maximum Gasteiger partial charge on any atom is 0.0470 e. The first-order chi connectivity index (χ1) is 9.72. The van der Waals surface area contributed by atoms with Crippen LogP contribution >= 0.6 is 11.6 Å². The molecule has 0 amide bonds. The van der Waals surface area contributed by atoms with E-state index in [9.17, 15) is 0 Å². The largest absolute Gasteiger partial charge is 0.350 e. The number of nitrogens with zero attached hydrogens (tertiary/aromatic N) is 1. The van der Waals surface area contributed by atoms with Crippen LogP contribution in [-0.4, -0.2) is 11.1 Å². The molecule has 0 spiro atoms. The molecule has 0 fully saturated rings. The molecule has 1 aromatic heterocycles. The summed E-state index contributed by atoms with van der Waals surface area (Å²) in [6.45, 7) is 6.26. The highest BCUT2D eigenvalue weighted by atomic mass is 35.5. The molecule has 0 aliphatic rings. The van der Waals surface area contributed by atoms with E-state index in [4.69, 9.17) is 11.6 Å². The number of hydrogen-bond donors (Lipinski definition) is 1. The van der Waals surface area contributed by atoms with Gasteiger partial charge in [-0.15, -0.1) is 0 Å². The fourth-order valence-corrected chi connectivity index (χ4v) is 2.74. The van der Waals surface area contributed by atoms with E-state index in [1.807, 2.05) is 18.2 Å². The van der Waals surface area contributed by atoms with Crippen LogP contribution in [0.1, 0.15) is 43.9 Å². The lowest BCUT2D eigenvalue weighted by molar-refractivity contribution is 0.508. The van der Waals surface area contributed by atoms with E-state index in [1.165, 1.54) is 24.0 Å². The molecule has 0 saturated carbocycles. The molecule has 0 saturated heterocycles. The van der Waals surface area contributed by atoms with E-state index in [-0.39, 0.29) is 0 Å². The summed E-state index contributed by atoms with van der Waals surface area (Å²) in [4.78, 5) is 0. The predicted octanol–water partition coefficient (Wildman–Crippen LogP) is 4.64. The van der Waals surface area contributed by atoms with Crippen molar-refractivity contribution in [2.75, 3.05) is 6.54 Å². The zero-order valence-corrected chi connectivity index (χ0v) is 13.0.